The number of carbonyl (C=O) groups excluding carboxylic acids is 2. The normalized spacial score (nSPS) is 9.96. The van der Waals surface area contributed by atoms with E-state index in [4.69, 9.17) is 0 Å². The van der Waals surface area contributed by atoms with Crippen molar-refractivity contribution in [3.05, 3.63) is 75.3 Å². The zero-order valence-electron chi connectivity index (χ0n) is 12.4. The van der Waals surface area contributed by atoms with Crippen molar-refractivity contribution in [1.82, 2.24) is 10.9 Å². The van der Waals surface area contributed by atoms with Crippen molar-refractivity contribution in [3.8, 4) is 0 Å². The van der Waals surface area contributed by atoms with Crippen molar-refractivity contribution in [2.75, 3.05) is 0 Å². The Balaban J connectivity index is 1.99. The van der Waals surface area contributed by atoms with Gasteiger partial charge in [-0.2, -0.15) is 0 Å². The second-order valence-corrected chi connectivity index (χ2v) is 4.87. The van der Waals surface area contributed by atoms with Crippen LogP contribution in [0.5, 0.6) is 0 Å². The monoisotopic (exact) mass is 313 g/mol. The molecule has 0 saturated carbocycles. The van der Waals surface area contributed by atoms with Crippen LogP contribution in [0, 0.1) is 17.0 Å². The van der Waals surface area contributed by atoms with Crippen LogP contribution >= 0.6 is 0 Å². The number of hydrogen-bond donors (Lipinski definition) is 2. The van der Waals surface area contributed by atoms with Gasteiger partial charge in [-0.1, -0.05) is 36.4 Å². The van der Waals surface area contributed by atoms with Gasteiger partial charge in [0, 0.05) is 11.6 Å². The molecule has 7 nitrogen and oxygen atoms in total. The highest BCUT2D eigenvalue weighted by atomic mass is 16.6. The van der Waals surface area contributed by atoms with Gasteiger partial charge in [0.05, 0.1) is 16.9 Å². The van der Waals surface area contributed by atoms with Gasteiger partial charge in [-0.3, -0.25) is 30.6 Å². The molecule has 118 valence electrons. The van der Waals surface area contributed by atoms with E-state index in [0.717, 1.165) is 5.56 Å². The third-order valence-electron chi connectivity index (χ3n) is 3.27. The Kier molecular flexibility index (Phi) is 5.03. The summed E-state index contributed by atoms with van der Waals surface area (Å²) >= 11 is 0. The van der Waals surface area contributed by atoms with Crippen LogP contribution in [-0.2, 0) is 11.2 Å². The fraction of sp³-hybridized carbons (Fsp3) is 0.125. The van der Waals surface area contributed by atoms with E-state index in [9.17, 15) is 19.7 Å². The van der Waals surface area contributed by atoms with E-state index >= 15 is 0 Å². The first kappa shape index (κ1) is 16.2. The molecule has 0 unspecified atom stereocenters. The van der Waals surface area contributed by atoms with E-state index in [2.05, 4.69) is 10.9 Å². The Morgan fingerprint density at radius 1 is 1.04 bits per heavy atom. The summed E-state index contributed by atoms with van der Waals surface area (Å²) in [5.41, 5.74) is 5.61. The number of amides is 2. The second-order valence-electron chi connectivity index (χ2n) is 4.87. The minimum absolute atomic E-state index is 0.120. The fourth-order valence-electron chi connectivity index (χ4n) is 2.09. The predicted octanol–water partition coefficient (Wildman–Crippen LogP) is 1.91. The summed E-state index contributed by atoms with van der Waals surface area (Å²) in [7, 11) is 0. The topological polar surface area (TPSA) is 101 Å². The molecule has 0 aliphatic carbocycles. The third kappa shape index (κ3) is 4.13. The molecule has 0 spiro atoms. The number of rotatable bonds is 4. The first-order valence-corrected chi connectivity index (χ1v) is 6.86. The van der Waals surface area contributed by atoms with Crippen LogP contribution in [0.3, 0.4) is 0 Å². The molecule has 0 atom stereocenters. The minimum atomic E-state index is -0.604. The summed E-state index contributed by atoms with van der Waals surface area (Å²) in [5, 5.41) is 10.9. The highest BCUT2D eigenvalue weighted by Crippen LogP contribution is 2.20. The lowest BCUT2D eigenvalue weighted by Gasteiger charge is -2.09. The van der Waals surface area contributed by atoms with Gasteiger partial charge < -0.3 is 0 Å². The molecule has 23 heavy (non-hydrogen) atoms. The lowest BCUT2D eigenvalue weighted by Crippen LogP contribution is -2.42. The summed E-state index contributed by atoms with van der Waals surface area (Å²) in [6.07, 6.45) is 0.120. The van der Waals surface area contributed by atoms with Gasteiger partial charge in [-0.25, -0.2) is 0 Å². The van der Waals surface area contributed by atoms with Crippen LogP contribution in [0.1, 0.15) is 21.5 Å². The Labute approximate surface area is 132 Å². The number of nitro groups is 1. The van der Waals surface area contributed by atoms with Crippen LogP contribution in [0.2, 0.25) is 0 Å². The molecular weight excluding hydrogens is 298 g/mol. The molecule has 0 fully saturated rings. The highest BCUT2D eigenvalue weighted by molar-refractivity contribution is 5.97. The van der Waals surface area contributed by atoms with E-state index in [1.54, 1.807) is 12.1 Å². The average molecular weight is 313 g/mol. The maximum absolute atomic E-state index is 12.0. The van der Waals surface area contributed by atoms with Crippen LogP contribution in [0.4, 0.5) is 5.69 Å². The highest BCUT2D eigenvalue weighted by Gasteiger charge is 2.18. The maximum atomic E-state index is 12.0. The van der Waals surface area contributed by atoms with Gasteiger partial charge in [0.2, 0.25) is 5.91 Å². The third-order valence-corrected chi connectivity index (χ3v) is 3.27. The number of carbonyl (C=O) groups is 2. The van der Waals surface area contributed by atoms with E-state index in [1.807, 2.05) is 18.2 Å². The molecule has 2 aromatic rings. The minimum Gasteiger partial charge on any atom is -0.273 e. The van der Waals surface area contributed by atoms with Gasteiger partial charge in [0.15, 0.2) is 0 Å². The molecule has 7 heteroatoms. The van der Waals surface area contributed by atoms with Crippen molar-refractivity contribution in [2.45, 2.75) is 13.3 Å². The van der Waals surface area contributed by atoms with Crippen molar-refractivity contribution in [1.29, 1.82) is 0 Å². The lowest BCUT2D eigenvalue weighted by molar-refractivity contribution is -0.385. The zero-order valence-corrected chi connectivity index (χ0v) is 12.4. The largest absolute Gasteiger partial charge is 0.273 e. The summed E-state index contributed by atoms with van der Waals surface area (Å²) in [5.74, 6) is -0.986. The number of hydrogen-bond acceptors (Lipinski definition) is 4. The van der Waals surface area contributed by atoms with E-state index in [1.165, 1.54) is 25.1 Å². The lowest BCUT2D eigenvalue weighted by atomic mass is 10.1. The molecule has 0 radical (unpaired) electrons. The number of nitrogens with one attached hydrogen (secondary N) is 2. The first-order chi connectivity index (χ1) is 11.0. The SMILES string of the molecule is Cc1c(C(=O)NNC(=O)Cc2ccccc2)cccc1[N+](=O)[O-]. The van der Waals surface area contributed by atoms with Gasteiger partial charge in [0.1, 0.15) is 0 Å². The smallest absolute Gasteiger partial charge is 0.273 e. The number of benzene rings is 2. The number of nitrogens with zero attached hydrogens (tertiary/aromatic N) is 1. The average Bonchev–Trinajstić information content (AvgIpc) is 2.53. The van der Waals surface area contributed by atoms with Gasteiger partial charge in [-0.15, -0.1) is 0 Å². The van der Waals surface area contributed by atoms with E-state index in [-0.39, 0.29) is 29.1 Å². The van der Waals surface area contributed by atoms with Crippen molar-refractivity contribution >= 4 is 17.5 Å². The molecule has 2 aromatic carbocycles. The van der Waals surface area contributed by atoms with E-state index in [0.29, 0.717) is 0 Å². The Hall–Kier alpha value is -3.22. The molecule has 0 heterocycles. The number of hydrazine groups is 1. The number of nitro benzene ring substituents is 1. The molecule has 2 amide bonds. The summed E-state index contributed by atoms with van der Waals surface area (Å²) < 4.78 is 0. The van der Waals surface area contributed by atoms with Crippen LogP contribution in [0.15, 0.2) is 48.5 Å². The van der Waals surface area contributed by atoms with Crippen LogP contribution in [0.25, 0.3) is 0 Å². The first-order valence-electron chi connectivity index (χ1n) is 6.86. The molecular formula is C16H15N3O4. The Morgan fingerprint density at radius 3 is 2.39 bits per heavy atom. The van der Waals surface area contributed by atoms with E-state index < -0.39 is 10.8 Å². The van der Waals surface area contributed by atoms with Crippen molar-refractivity contribution < 1.29 is 14.5 Å². The molecule has 2 rings (SSSR count). The molecule has 2 N–H and O–H groups in total. The van der Waals surface area contributed by atoms with Crippen molar-refractivity contribution in [2.24, 2.45) is 0 Å². The van der Waals surface area contributed by atoms with Gasteiger partial charge >= 0.3 is 0 Å². The summed E-state index contributed by atoms with van der Waals surface area (Å²) in [6.45, 7) is 1.48. The second kappa shape index (κ2) is 7.17. The molecule has 0 bridgehead atoms. The Bertz CT molecular complexity index is 744. The zero-order chi connectivity index (χ0) is 16.8. The molecule has 0 aliphatic heterocycles. The van der Waals surface area contributed by atoms with Gasteiger partial charge in [-0.05, 0) is 18.6 Å². The Morgan fingerprint density at radius 2 is 1.74 bits per heavy atom. The standard InChI is InChI=1S/C16H15N3O4/c1-11-13(8-5-9-14(11)19(22)23)16(21)18-17-15(20)10-12-6-3-2-4-7-12/h2-9H,10H2,1H3,(H,17,20)(H,18,21). The maximum Gasteiger partial charge on any atom is 0.273 e. The van der Waals surface area contributed by atoms with Gasteiger partial charge in [0.25, 0.3) is 11.6 Å². The molecule has 0 aliphatic rings. The fourth-order valence-corrected chi connectivity index (χ4v) is 2.09. The quantitative estimate of drug-likeness (QED) is 0.665. The summed E-state index contributed by atoms with van der Waals surface area (Å²) in [4.78, 5) is 34.1. The predicted molar refractivity (Wildman–Crippen MR) is 83.6 cm³/mol. The molecule has 0 saturated heterocycles. The van der Waals surface area contributed by atoms with Crippen LogP contribution in [-0.4, -0.2) is 16.7 Å². The summed E-state index contributed by atoms with van der Waals surface area (Å²) in [6, 6.07) is 13.3. The van der Waals surface area contributed by atoms with Crippen LogP contribution < -0.4 is 10.9 Å². The van der Waals surface area contributed by atoms with Crippen molar-refractivity contribution in [3.63, 3.8) is 0 Å². The molecule has 0 aromatic heterocycles.